The number of methoxy groups -OCH3 is 1. The minimum absolute atomic E-state index is 0.347. The van der Waals surface area contributed by atoms with Gasteiger partial charge in [-0.15, -0.1) is 0 Å². The fraction of sp³-hybridized carbons (Fsp3) is 0.462. The van der Waals surface area contributed by atoms with Crippen molar-refractivity contribution in [1.29, 1.82) is 0 Å². The predicted octanol–water partition coefficient (Wildman–Crippen LogP) is 1.55. The summed E-state index contributed by atoms with van der Waals surface area (Å²) >= 11 is 0. The van der Waals surface area contributed by atoms with E-state index in [4.69, 9.17) is 9.84 Å². The van der Waals surface area contributed by atoms with E-state index < -0.39 is 5.97 Å². The van der Waals surface area contributed by atoms with Crippen LogP contribution in [0.1, 0.15) is 12.5 Å². The Kier molecular flexibility index (Phi) is 5.49. The van der Waals surface area contributed by atoms with E-state index in [9.17, 15) is 4.79 Å². The van der Waals surface area contributed by atoms with Crippen molar-refractivity contribution < 1.29 is 14.6 Å². The van der Waals surface area contributed by atoms with Crippen molar-refractivity contribution in [2.24, 2.45) is 5.92 Å². The van der Waals surface area contributed by atoms with Crippen LogP contribution in [-0.4, -0.2) is 31.3 Å². The molecule has 0 heterocycles. The molecule has 94 valence electrons. The van der Waals surface area contributed by atoms with E-state index in [-0.39, 0.29) is 5.92 Å². The summed E-state index contributed by atoms with van der Waals surface area (Å²) in [7, 11) is 1.64. The van der Waals surface area contributed by atoms with Gasteiger partial charge in [0.25, 0.3) is 0 Å². The Morgan fingerprint density at radius 2 is 2.29 bits per heavy atom. The lowest BCUT2D eigenvalue weighted by molar-refractivity contribution is -0.140. The summed E-state index contributed by atoms with van der Waals surface area (Å²) in [6.45, 7) is 2.96. The van der Waals surface area contributed by atoms with Crippen LogP contribution in [-0.2, 0) is 11.2 Å². The SMILES string of the molecule is COc1cccc(CCNCC(C)C(=O)O)c1. The molecule has 0 aliphatic carbocycles. The number of aliphatic carboxylic acids is 1. The minimum atomic E-state index is -0.765. The Morgan fingerprint density at radius 1 is 1.53 bits per heavy atom. The largest absolute Gasteiger partial charge is 0.497 e. The van der Waals surface area contributed by atoms with Crippen LogP contribution in [0.15, 0.2) is 24.3 Å². The Bertz CT molecular complexity index is 365. The molecule has 1 aromatic rings. The van der Waals surface area contributed by atoms with Crippen LogP contribution in [0.25, 0.3) is 0 Å². The fourth-order valence-electron chi connectivity index (χ4n) is 1.47. The van der Waals surface area contributed by atoms with Crippen molar-refractivity contribution >= 4 is 5.97 Å². The molecule has 1 rings (SSSR count). The minimum Gasteiger partial charge on any atom is -0.497 e. The molecule has 0 fully saturated rings. The van der Waals surface area contributed by atoms with Gasteiger partial charge in [-0.25, -0.2) is 0 Å². The lowest BCUT2D eigenvalue weighted by Gasteiger charge is -2.08. The molecule has 1 unspecified atom stereocenters. The van der Waals surface area contributed by atoms with E-state index in [2.05, 4.69) is 5.32 Å². The average molecular weight is 237 g/mol. The second-order valence-corrected chi connectivity index (χ2v) is 4.04. The van der Waals surface area contributed by atoms with Gasteiger partial charge in [-0.2, -0.15) is 0 Å². The lowest BCUT2D eigenvalue weighted by atomic mass is 10.1. The van der Waals surface area contributed by atoms with Crippen LogP contribution in [0.5, 0.6) is 5.75 Å². The van der Waals surface area contributed by atoms with Crippen LogP contribution in [0, 0.1) is 5.92 Å². The highest BCUT2D eigenvalue weighted by atomic mass is 16.5. The van der Waals surface area contributed by atoms with E-state index in [0.717, 1.165) is 18.7 Å². The first-order valence-electron chi connectivity index (χ1n) is 5.70. The van der Waals surface area contributed by atoms with Crippen molar-refractivity contribution in [2.75, 3.05) is 20.2 Å². The standard InChI is InChI=1S/C13H19NO3/c1-10(13(15)16)9-14-7-6-11-4-3-5-12(8-11)17-2/h3-5,8,10,14H,6-7,9H2,1-2H3,(H,15,16). The second kappa shape index (κ2) is 6.91. The maximum atomic E-state index is 10.6. The first-order valence-corrected chi connectivity index (χ1v) is 5.70. The van der Waals surface area contributed by atoms with Crippen molar-refractivity contribution in [3.05, 3.63) is 29.8 Å². The van der Waals surface area contributed by atoms with Crippen molar-refractivity contribution in [3.8, 4) is 5.75 Å². The molecule has 0 radical (unpaired) electrons. The van der Waals surface area contributed by atoms with Crippen LogP contribution in [0.4, 0.5) is 0 Å². The zero-order chi connectivity index (χ0) is 12.7. The van der Waals surface area contributed by atoms with Gasteiger partial charge in [-0.1, -0.05) is 19.1 Å². The Morgan fingerprint density at radius 3 is 2.94 bits per heavy atom. The molecule has 0 aromatic heterocycles. The van der Waals surface area contributed by atoms with Crippen LogP contribution >= 0.6 is 0 Å². The third-order valence-electron chi connectivity index (χ3n) is 2.60. The van der Waals surface area contributed by atoms with Gasteiger partial charge in [-0.05, 0) is 30.7 Å². The normalized spacial score (nSPS) is 12.1. The second-order valence-electron chi connectivity index (χ2n) is 4.04. The summed E-state index contributed by atoms with van der Waals surface area (Å²) in [5.41, 5.74) is 1.18. The molecule has 1 atom stereocenters. The zero-order valence-corrected chi connectivity index (χ0v) is 10.3. The molecule has 2 N–H and O–H groups in total. The highest BCUT2D eigenvalue weighted by Crippen LogP contribution is 2.12. The monoisotopic (exact) mass is 237 g/mol. The number of ether oxygens (including phenoxy) is 1. The van der Waals surface area contributed by atoms with Gasteiger partial charge in [0.2, 0.25) is 0 Å². The molecule has 4 heteroatoms. The molecular weight excluding hydrogens is 218 g/mol. The number of benzene rings is 1. The number of rotatable bonds is 7. The number of carbonyl (C=O) groups is 1. The van der Waals surface area contributed by atoms with Crippen molar-refractivity contribution in [2.45, 2.75) is 13.3 Å². The molecule has 0 aliphatic rings. The molecule has 17 heavy (non-hydrogen) atoms. The molecule has 4 nitrogen and oxygen atoms in total. The van der Waals surface area contributed by atoms with Crippen LogP contribution < -0.4 is 10.1 Å². The number of carboxylic acids is 1. The van der Waals surface area contributed by atoms with Gasteiger partial charge in [0.15, 0.2) is 0 Å². The quantitative estimate of drug-likeness (QED) is 0.706. The Balaban J connectivity index is 2.28. The van der Waals surface area contributed by atoms with E-state index >= 15 is 0 Å². The Labute approximate surface area is 102 Å². The molecule has 0 spiro atoms. The summed E-state index contributed by atoms with van der Waals surface area (Å²) in [6.07, 6.45) is 0.865. The predicted molar refractivity (Wildman–Crippen MR) is 66.4 cm³/mol. The maximum Gasteiger partial charge on any atom is 0.307 e. The smallest absolute Gasteiger partial charge is 0.307 e. The van der Waals surface area contributed by atoms with Gasteiger partial charge < -0.3 is 15.2 Å². The van der Waals surface area contributed by atoms with E-state index in [1.165, 1.54) is 5.56 Å². The summed E-state index contributed by atoms with van der Waals surface area (Å²) in [5.74, 6) is -0.263. The van der Waals surface area contributed by atoms with Crippen LogP contribution in [0.2, 0.25) is 0 Å². The first kappa shape index (κ1) is 13.5. The zero-order valence-electron chi connectivity index (χ0n) is 10.3. The van der Waals surface area contributed by atoms with Crippen molar-refractivity contribution in [3.63, 3.8) is 0 Å². The lowest BCUT2D eigenvalue weighted by Crippen LogP contribution is -2.27. The summed E-state index contributed by atoms with van der Waals surface area (Å²) in [6, 6.07) is 7.88. The molecule has 0 saturated carbocycles. The van der Waals surface area contributed by atoms with Crippen molar-refractivity contribution in [1.82, 2.24) is 5.32 Å². The Hall–Kier alpha value is -1.55. The molecule has 0 aliphatic heterocycles. The summed E-state index contributed by atoms with van der Waals surface area (Å²) in [4.78, 5) is 10.6. The summed E-state index contributed by atoms with van der Waals surface area (Å²) in [5, 5.41) is 11.8. The van der Waals surface area contributed by atoms with Gasteiger partial charge in [0.1, 0.15) is 5.75 Å². The van der Waals surface area contributed by atoms with E-state index in [1.54, 1.807) is 14.0 Å². The molecule has 1 aromatic carbocycles. The summed E-state index contributed by atoms with van der Waals surface area (Å²) < 4.78 is 5.13. The van der Waals surface area contributed by atoms with Gasteiger partial charge >= 0.3 is 5.97 Å². The number of nitrogens with one attached hydrogen (secondary N) is 1. The fourth-order valence-corrected chi connectivity index (χ4v) is 1.47. The highest BCUT2D eigenvalue weighted by molar-refractivity contribution is 5.69. The van der Waals surface area contributed by atoms with E-state index in [1.807, 2.05) is 24.3 Å². The topological polar surface area (TPSA) is 58.6 Å². The van der Waals surface area contributed by atoms with Gasteiger partial charge in [0.05, 0.1) is 13.0 Å². The molecule has 0 amide bonds. The van der Waals surface area contributed by atoms with Gasteiger partial charge in [0, 0.05) is 6.54 Å². The van der Waals surface area contributed by atoms with Gasteiger partial charge in [-0.3, -0.25) is 4.79 Å². The number of hydrogen-bond acceptors (Lipinski definition) is 3. The third-order valence-corrected chi connectivity index (χ3v) is 2.60. The number of carboxylic acid groups (broad SMARTS) is 1. The number of hydrogen-bond donors (Lipinski definition) is 2. The maximum absolute atomic E-state index is 10.6. The molecular formula is C13H19NO3. The molecule has 0 bridgehead atoms. The van der Waals surface area contributed by atoms with E-state index in [0.29, 0.717) is 6.54 Å². The third kappa shape index (κ3) is 4.87. The molecule has 0 saturated heterocycles. The first-order chi connectivity index (χ1) is 8.13. The average Bonchev–Trinajstić information content (AvgIpc) is 2.34. The highest BCUT2D eigenvalue weighted by Gasteiger charge is 2.09. The van der Waals surface area contributed by atoms with Crippen LogP contribution in [0.3, 0.4) is 0 Å².